The summed E-state index contributed by atoms with van der Waals surface area (Å²) in [5.41, 5.74) is 2.80. The van der Waals surface area contributed by atoms with Crippen LogP contribution in [0.4, 0.5) is 4.39 Å². The normalized spacial score (nSPS) is 12.7. The summed E-state index contributed by atoms with van der Waals surface area (Å²) in [6.07, 6.45) is 0. The van der Waals surface area contributed by atoms with E-state index in [0.29, 0.717) is 5.56 Å². The number of hydrogen-bond acceptors (Lipinski definition) is 2. The Labute approximate surface area is 113 Å². The molecule has 1 N–H and O–H groups in total. The lowest BCUT2D eigenvalue weighted by molar-refractivity contribution is 0.491. The van der Waals surface area contributed by atoms with Gasteiger partial charge in [0.15, 0.2) is 0 Å². The third-order valence-electron chi connectivity index (χ3n) is 3.53. The monoisotopic (exact) mass is 261 g/mol. The predicted molar refractivity (Wildman–Crippen MR) is 74.8 cm³/mol. The Hall–Kier alpha value is -1.61. The molecule has 0 fully saturated rings. The van der Waals surface area contributed by atoms with Gasteiger partial charge in [0.1, 0.15) is 17.3 Å². The standard InChI is InChI=1S/C16H20FNO/c1-5-18-16(13-8-6-7-9-14(13)17)15-10(2)11(3)19-12(15)4/h6-9,16,18H,5H2,1-4H3. The largest absolute Gasteiger partial charge is 0.466 e. The van der Waals surface area contributed by atoms with E-state index in [2.05, 4.69) is 5.32 Å². The zero-order valence-electron chi connectivity index (χ0n) is 11.9. The van der Waals surface area contributed by atoms with E-state index in [1.165, 1.54) is 6.07 Å². The van der Waals surface area contributed by atoms with Crippen LogP contribution >= 0.6 is 0 Å². The van der Waals surface area contributed by atoms with E-state index in [9.17, 15) is 4.39 Å². The highest BCUT2D eigenvalue weighted by Crippen LogP contribution is 2.32. The Balaban J connectivity index is 2.55. The van der Waals surface area contributed by atoms with Crippen molar-refractivity contribution in [2.45, 2.75) is 33.7 Å². The Morgan fingerprint density at radius 2 is 1.84 bits per heavy atom. The summed E-state index contributed by atoms with van der Waals surface area (Å²) in [6.45, 7) is 8.68. The first-order valence-corrected chi connectivity index (χ1v) is 6.60. The fraction of sp³-hybridized carbons (Fsp3) is 0.375. The molecule has 2 nitrogen and oxygen atoms in total. The molecule has 1 unspecified atom stereocenters. The average Bonchev–Trinajstić information content (AvgIpc) is 2.62. The van der Waals surface area contributed by atoms with Gasteiger partial charge in [-0.05, 0) is 38.9 Å². The van der Waals surface area contributed by atoms with Crippen molar-refractivity contribution in [1.82, 2.24) is 5.32 Å². The van der Waals surface area contributed by atoms with Gasteiger partial charge in [-0.25, -0.2) is 4.39 Å². The van der Waals surface area contributed by atoms with Gasteiger partial charge in [-0.3, -0.25) is 0 Å². The summed E-state index contributed by atoms with van der Waals surface area (Å²) in [7, 11) is 0. The topological polar surface area (TPSA) is 25.2 Å². The maximum Gasteiger partial charge on any atom is 0.128 e. The van der Waals surface area contributed by atoms with E-state index < -0.39 is 0 Å². The van der Waals surface area contributed by atoms with Gasteiger partial charge in [0, 0.05) is 11.1 Å². The second-order valence-corrected chi connectivity index (χ2v) is 4.77. The number of benzene rings is 1. The van der Waals surface area contributed by atoms with Crippen molar-refractivity contribution in [3.05, 3.63) is 58.3 Å². The molecule has 1 aromatic carbocycles. The second-order valence-electron chi connectivity index (χ2n) is 4.77. The van der Waals surface area contributed by atoms with E-state index in [-0.39, 0.29) is 11.9 Å². The number of hydrogen-bond donors (Lipinski definition) is 1. The molecule has 1 atom stereocenters. The summed E-state index contributed by atoms with van der Waals surface area (Å²) < 4.78 is 19.7. The minimum atomic E-state index is -0.189. The highest BCUT2D eigenvalue weighted by atomic mass is 19.1. The van der Waals surface area contributed by atoms with Crippen molar-refractivity contribution in [2.75, 3.05) is 6.54 Å². The van der Waals surface area contributed by atoms with Crippen LogP contribution in [0.3, 0.4) is 0 Å². The smallest absolute Gasteiger partial charge is 0.128 e. The second kappa shape index (κ2) is 5.57. The Morgan fingerprint density at radius 1 is 1.16 bits per heavy atom. The molecule has 3 heteroatoms. The average molecular weight is 261 g/mol. The Kier molecular flexibility index (Phi) is 4.05. The number of rotatable bonds is 4. The molecule has 0 aliphatic heterocycles. The van der Waals surface area contributed by atoms with Gasteiger partial charge >= 0.3 is 0 Å². The van der Waals surface area contributed by atoms with Gasteiger partial charge in [-0.1, -0.05) is 25.1 Å². The van der Waals surface area contributed by atoms with E-state index in [1.807, 2.05) is 39.8 Å². The van der Waals surface area contributed by atoms with Crippen LogP contribution in [0.1, 0.15) is 41.2 Å². The third kappa shape index (κ3) is 2.56. The van der Waals surface area contributed by atoms with Crippen LogP contribution in [0.15, 0.2) is 28.7 Å². The highest BCUT2D eigenvalue weighted by molar-refractivity contribution is 5.41. The van der Waals surface area contributed by atoms with Gasteiger partial charge in [-0.2, -0.15) is 0 Å². The molecule has 0 aliphatic carbocycles. The number of halogens is 1. The van der Waals surface area contributed by atoms with Crippen LogP contribution in [0.25, 0.3) is 0 Å². The van der Waals surface area contributed by atoms with Crippen molar-refractivity contribution in [3.8, 4) is 0 Å². The third-order valence-corrected chi connectivity index (χ3v) is 3.53. The van der Waals surface area contributed by atoms with Crippen LogP contribution in [0.5, 0.6) is 0 Å². The summed E-state index contributed by atoms with van der Waals surface area (Å²) in [5.74, 6) is 1.56. The SMILES string of the molecule is CCNC(c1ccccc1F)c1c(C)oc(C)c1C. The van der Waals surface area contributed by atoms with Crippen molar-refractivity contribution < 1.29 is 8.81 Å². The Morgan fingerprint density at radius 3 is 2.37 bits per heavy atom. The van der Waals surface area contributed by atoms with Crippen LogP contribution in [0.2, 0.25) is 0 Å². The summed E-state index contributed by atoms with van der Waals surface area (Å²) in [5, 5.41) is 3.35. The molecule has 2 rings (SSSR count). The predicted octanol–water partition coefficient (Wildman–Crippen LogP) is 4.04. The zero-order chi connectivity index (χ0) is 14.0. The minimum absolute atomic E-state index is 0.163. The minimum Gasteiger partial charge on any atom is -0.466 e. The highest BCUT2D eigenvalue weighted by Gasteiger charge is 2.23. The van der Waals surface area contributed by atoms with Crippen LogP contribution in [-0.2, 0) is 0 Å². The lowest BCUT2D eigenvalue weighted by Gasteiger charge is -2.19. The first-order valence-electron chi connectivity index (χ1n) is 6.60. The van der Waals surface area contributed by atoms with E-state index in [0.717, 1.165) is 29.2 Å². The quantitative estimate of drug-likeness (QED) is 0.898. The molecule has 102 valence electrons. The number of furan rings is 1. The van der Waals surface area contributed by atoms with Gasteiger partial charge in [0.05, 0.1) is 6.04 Å². The van der Waals surface area contributed by atoms with E-state index in [4.69, 9.17) is 4.42 Å². The molecular formula is C16H20FNO. The van der Waals surface area contributed by atoms with E-state index in [1.54, 1.807) is 6.07 Å². The maximum atomic E-state index is 14.0. The fourth-order valence-electron chi connectivity index (χ4n) is 2.52. The van der Waals surface area contributed by atoms with Gasteiger partial charge in [0.2, 0.25) is 0 Å². The number of aryl methyl sites for hydroxylation is 2. The maximum absolute atomic E-state index is 14.0. The number of nitrogens with one attached hydrogen (secondary N) is 1. The lowest BCUT2D eigenvalue weighted by Crippen LogP contribution is -2.24. The summed E-state index contributed by atoms with van der Waals surface area (Å²) >= 11 is 0. The first kappa shape index (κ1) is 13.8. The first-order chi connectivity index (χ1) is 9.06. The van der Waals surface area contributed by atoms with Crippen molar-refractivity contribution in [3.63, 3.8) is 0 Å². The lowest BCUT2D eigenvalue weighted by atomic mass is 9.95. The van der Waals surface area contributed by atoms with Gasteiger partial charge < -0.3 is 9.73 Å². The zero-order valence-corrected chi connectivity index (χ0v) is 11.9. The van der Waals surface area contributed by atoms with Crippen LogP contribution < -0.4 is 5.32 Å². The van der Waals surface area contributed by atoms with Gasteiger partial charge in [-0.15, -0.1) is 0 Å². The molecule has 1 aromatic heterocycles. The van der Waals surface area contributed by atoms with Crippen molar-refractivity contribution in [2.24, 2.45) is 0 Å². The molecular weight excluding hydrogens is 241 g/mol. The molecule has 1 heterocycles. The Bertz CT molecular complexity index is 574. The van der Waals surface area contributed by atoms with Gasteiger partial charge in [0.25, 0.3) is 0 Å². The molecule has 19 heavy (non-hydrogen) atoms. The van der Waals surface area contributed by atoms with Crippen LogP contribution in [0, 0.1) is 26.6 Å². The molecule has 0 aliphatic rings. The molecule has 0 saturated heterocycles. The summed E-state index contributed by atoms with van der Waals surface area (Å²) in [4.78, 5) is 0. The molecule has 2 aromatic rings. The fourth-order valence-corrected chi connectivity index (χ4v) is 2.52. The van der Waals surface area contributed by atoms with Crippen LogP contribution in [-0.4, -0.2) is 6.54 Å². The molecule has 0 amide bonds. The molecule has 0 saturated carbocycles. The van der Waals surface area contributed by atoms with Crippen molar-refractivity contribution in [1.29, 1.82) is 0 Å². The molecule has 0 bridgehead atoms. The summed E-state index contributed by atoms with van der Waals surface area (Å²) in [6, 6.07) is 6.73. The van der Waals surface area contributed by atoms with Crippen molar-refractivity contribution >= 4 is 0 Å². The van der Waals surface area contributed by atoms with E-state index >= 15 is 0 Å². The molecule has 0 radical (unpaired) electrons. The molecule has 0 spiro atoms.